The van der Waals surface area contributed by atoms with Crippen LogP contribution in [0.2, 0.25) is 10.0 Å². The molecule has 0 radical (unpaired) electrons. The summed E-state index contributed by atoms with van der Waals surface area (Å²) in [5.74, 6) is 1.82. The van der Waals surface area contributed by atoms with Crippen molar-refractivity contribution < 1.29 is 23.5 Å². The molecule has 0 saturated heterocycles. The van der Waals surface area contributed by atoms with E-state index in [0.29, 0.717) is 30.4 Å². The molecule has 0 atom stereocenters. The number of anilines is 1. The summed E-state index contributed by atoms with van der Waals surface area (Å²) in [6.07, 6.45) is 10.1. The number of hydrogen-bond acceptors (Lipinski definition) is 7. The first-order valence-corrected chi connectivity index (χ1v) is 18.1. The number of methoxy groups -OCH3 is 1. The van der Waals surface area contributed by atoms with E-state index in [4.69, 9.17) is 78.3 Å². The average molecular weight is 819 g/mol. The van der Waals surface area contributed by atoms with Crippen molar-refractivity contribution in [3.63, 3.8) is 0 Å². The van der Waals surface area contributed by atoms with E-state index in [1.165, 1.54) is 17.0 Å². The van der Waals surface area contributed by atoms with Gasteiger partial charge in [0.05, 0.1) is 21.4 Å². The average Bonchev–Trinajstić information content (AvgIpc) is 3.51. The number of ether oxygens (including phenoxy) is 2. The van der Waals surface area contributed by atoms with Crippen LogP contribution in [0.3, 0.4) is 0 Å². The summed E-state index contributed by atoms with van der Waals surface area (Å²) in [5.41, 5.74) is 3.14. The third-order valence-corrected chi connectivity index (χ3v) is 8.04. The minimum Gasteiger partial charge on any atom is -0.479 e. The van der Waals surface area contributed by atoms with E-state index in [2.05, 4.69) is 38.0 Å². The second kappa shape index (κ2) is 23.3. The Morgan fingerprint density at radius 1 is 1.08 bits per heavy atom. The molecule has 2 aromatic carbocycles. The summed E-state index contributed by atoms with van der Waals surface area (Å²) in [5, 5.41) is 4.71. The summed E-state index contributed by atoms with van der Waals surface area (Å²) in [7, 11) is 1.58. The molecule has 284 valence electrons. The van der Waals surface area contributed by atoms with Gasteiger partial charge in [0.1, 0.15) is 25.0 Å². The van der Waals surface area contributed by atoms with E-state index in [9.17, 15) is 14.4 Å². The first-order valence-electron chi connectivity index (χ1n) is 16.0. The Hall–Kier alpha value is -3.43. The molecule has 0 saturated carbocycles. The Morgan fingerprint density at radius 3 is 2.08 bits per heavy atom. The van der Waals surface area contributed by atoms with Crippen LogP contribution >= 0.6 is 58.0 Å². The normalized spacial score (nSPS) is 10.6. The summed E-state index contributed by atoms with van der Waals surface area (Å²) in [6.45, 7) is 18.0. The summed E-state index contributed by atoms with van der Waals surface area (Å²) >= 11 is 28.7. The van der Waals surface area contributed by atoms with E-state index in [0.717, 1.165) is 34.3 Å². The number of carbonyl (C=O) groups excluding carboxylic acids is 2. The minimum absolute atomic E-state index is 0.0371. The number of carbonyl (C=O) groups is 2. The second-order valence-electron chi connectivity index (χ2n) is 11.7. The van der Waals surface area contributed by atoms with Crippen LogP contribution < -0.4 is 15.4 Å². The molecule has 0 N–H and O–H groups in total. The molecule has 10 nitrogen and oxygen atoms in total. The number of halogens is 5. The lowest BCUT2D eigenvalue weighted by Crippen LogP contribution is -2.35. The molecule has 52 heavy (non-hydrogen) atoms. The number of aromatic nitrogens is 2. The van der Waals surface area contributed by atoms with Crippen LogP contribution in [0.4, 0.5) is 5.69 Å². The van der Waals surface area contributed by atoms with Crippen molar-refractivity contribution in [1.82, 2.24) is 14.7 Å². The number of nitrogens with zero attached hydrogens (tertiary/aromatic N) is 4. The van der Waals surface area contributed by atoms with E-state index < -0.39 is 16.0 Å². The van der Waals surface area contributed by atoms with Gasteiger partial charge in [-0.15, -0.1) is 36.3 Å². The van der Waals surface area contributed by atoms with Gasteiger partial charge < -0.3 is 18.8 Å². The first kappa shape index (κ1) is 46.6. The Labute approximate surface area is 331 Å². The van der Waals surface area contributed by atoms with Gasteiger partial charge in [-0.3, -0.25) is 14.5 Å². The fraction of sp³-hybridized carbons (Fsp3) is 0.405. The number of hydrogen-bond donors (Lipinski definition) is 0. The third-order valence-electron chi connectivity index (χ3n) is 6.84. The Bertz CT molecular complexity index is 1710. The van der Waals surface area contributed by atoms with Crippen molar-refractivity contribution >= 4 is 75.5 Å². The standard InChI is InChI=1S/C15H14Cl2N2O3.C14H20ClNO2.C8H11Cl2NO/c1-5-6-21-12-8-11(9(16)7-10(12)17)19-14(20)22-13(18-19)15(2,3)4;1-4-11-7-6-8-12(5-2)14(11)16(10-18-3)13(17)9-15;1-3-5-11(6-4-2)8(12)7(9)10/h1,7-8H,6H2,2-4H3;6-8H,4-5,9-10H2,1-3H3;3-4,7H,1-2,5-6H2. The van der Waals surface area contributed by atoms with E-state index in [1.54, 1.807) is 24.2 Å². The Kier molecular flexibility index (Phi) is 20.9. The molecule has 0 fully saturated rings. The minimum atomic E-state index is -1.01. The van der Waals surface area contributed by atoms with Crippen molar-refractivity contribution in [3.8, 4) is 23.8 Å². The molecule has 0 spiro atoms. The zero-order valence-corrected chi connectivity index (χ0v) is 34.0. The second-order valence-corrected chi connectivity index (χ2v) is 13.9. The van der Waals surface area contributed by atoms with Gasteiger partial charge >= 0.3 is 5.76 Å². The van der Waals surface area contributed by atoms with Gasteiger partial charge in [0.15, 0.2) is 4.84 Å². The summed E-state index contributed by atoms with van der Waals surface area (Å²) in [4.78, 5) is 37.2. The van der Waals surface area contributed by atoms with Crippen molar-refractivity contribution in [2.75, 3.05) is 44.3 Å². The highest BCUT2D eigenvalue weighted by Crippen LogP contribution is 2.33. The van der Waals surface area contributed by atoms with Crippen LogP contribution in [0, 0.1) is 12.3 Å². The van der Waals surface area contributed by atoms with E-state index in [-0.39, 0.29) is 41.1 Å². The molecule has 0 unspecified atom stereocenters. The Balaban J connectivity index is 0.000000408. The molecular weight excluding hydrogens is 774 g/mol. The van der Waals surface area contributed by atoms with Gasteiger partial charge in [-0.2, -0.15) is 4.68 Å². The van der Waals surface area contributed by atoms with Crippen LogP contribution in [-0.4, -0.2) is 70.7 Å². The number of alkyl halides is 3. The van der Waals surface area contributed by atoms with Crippen molar-refractivity contribution in [2.45, 2.75) is 57.7 Å². The van der Waals surface area contributed by atoms with Crippen LogP contribution in [0.25, 0.3) is 5.69 Å². The largest absolute Gasteiger partial charge is 0.479 e. The van der Waals surface area contributed by atoms with Gasteiger partial charge in [-0.25, -0.2) is 4.79 Å². The van der Waals surface area contributed by atoms with Crippen LogP contribution in [0.1, 0.15) is 51.6 Å². The molecule has 0 aliphatic heterocycles. The van der Waals surface area contributed by atoms with Gasteiger partial charge in [0, 0.05) is 31.7 Å². The zero-order chi connectivity index (χ0) is 39.6. The number of rotatable bonds is 14. The lowest BCUT2D eigenvalue weighted by molar-refractivity contribution is -0.128. The molecule has 3 aromatic rings. The highest BCUT2D eigenvalue weighted by Gasteiger charge is 2.24. The lowest BCUT2D eigenvalue weighted by Gasteiger charge is -2.26. The van der Waals surface area contributed by atoms with Crippen molar-refractivity contribution in [1.29, 1.82) is 0 Å². The number of amides is 2. The molecule has 0 bridgehead atoms. The number of terminal acetylenes is 1. The lowest BCUT2D eigenvalue weighted by atomic mass is 9.97. The molecule has 0 aliphatic carbocycles. The van der Waals surface area contributed by atoms with Crippen LogP contribution in [0.5, 0.6) is 5.75 Å². The highest BCUT2D eigenvalue weighted by molar-refractivity contribution is 6.53. The first-order chi connectivity index (χ1) is 24.6. The van der Waals surface area contributed by atoms with Crippen LogP contribution in [-0.2, 0) is 32.6 Å². The summed E-state index contributed by atoms with van der Waals surface area (Å²) < 4.78 is 16.7. The van der Waals surface area contributed by atoms with Gasteiger partial charge in [-0.05, 0) is 30.0 Å². The molecule has 0 aliphatic rings. The number of aryl methyl sites for hydroxylation is 2. The monoisotopic (exact) mass is 816 g/mol. The van der Waals surface area contributed by atoms with Crippen molar-refractivity contribution in [2.24, 2.45) is 0 Å². The SMILES string of the molecule is C#CCOc1cc(-n2nc(C(C)(C)C)oc2=O)c(Cl)cc1Cl.C=CCN(CC=C)C(=O)C(Cl)Cl.CCc1cccc(CC)c1N(COC)C(=O)CCl. The molecular formula is C37H45Cl5N4O6. The summed E-state index contributed by atoms with van der Waals surface area (Å²) in [6, 6.07) is 9.06. The molecule has 3 rings (SSSR count). The fourth-order valence-electron chi connectivity index (χ4n) is 4.37. The fourth-order valence-corrected chi connectivity index (χ4v) is 5.31. The Morgan fingerprint density at radius 2 is 1.65 bits per heavy atom. The smallest absolute Gasteiger partial charge is 0.442 e. The zero-order valence-electron chi connectivity index (χ0n) is 30.2. The number of para-hydroxylation sites is 1. The highest BCUT2D eigenvalue weighted by atomic mass is 35.5. The van der Waals surface area contributed by atoms with E-state index in [1.807, 2.05) is 39.0 Å². The van der Waals surface area contributed by atoms with Gasteiger partial charge in [-0.1, -0.05) is 117 Å². The molecule has 1 aromatic heterocycles. The maximum Gasteiger partial charge on any atom is 0.442 e. The molecule has 15 heteroatoms. The third kappa shape index (κ3) is 13.8. The maximum atomic E-state index is 12.0. The number of benzene rings is 2. The van der Waals surface area contributed by atoms with Gasteiger partial charge in [0.2, 0.25) is 11.8 Å². The van der Waals surface area contributed by atoms with Crippen molar-refractivity contribution in [3.05, 3.63) is 93.3 Å². The van der Waals surface area contributed by atoms with Crippen LogP contribution in [0.15, 0.2) is 64.9 Å². The molecule has 2 amide bonds. The predicted octanol–water partition coefficient (Wildman–Crippen LogP) is 8.42. The maximum absolute atomic E-state index is 12.0. The quantitative estimate of drug-likeness (QED) is 0.0696. The molecule has 1 heterocycles. The van der Waals surface area contributed by atoms with E-state index >= 15 is 0 Å². The van der Waals surface area contributed by atoms with Gasteiger partial charge in [0.25, 0.3) is 5.91 Å². The predicted molar refractivity (Wildman–Crippen MR) is 213 cm³/mol. The topological polar surface area (TPSA) is 107 Å².